The maximum atomic E-state index is 12.9. The Bertz CT molecular complexity index is 727. The number of rotatable bonds is 8. The molecule has 1 amide bonds. The van der Waals surface area contributed by atoms with Gasteiger partial charge in [0.25, 0.3) is 5.91 Å². The van der Waals surface area contributed by atoms with E-state index >= 15 is 0 Å². The Kier molecular flexibility index (Phi) is 6.29. The van der Waals surface area contributed by atoms with Crippen molar-refractivity contribution < 1.29 is 9.90 Å². The molecule has 1 aromatic carbocycles. The first-order valence-electron chi connectivity index (χ1n) is 9.77. The number of hydrogen-bond acceptors (Lipinski definition) is 4. The number of hydrogen-bond donors (Lipinski definition) is 3. The number of aliphatic hydroxyl groups is 1. The molecule has 146 valence electrons. The fraction of sp³-hybridized carbons (Fsp3) is 0.524. The van der Waals surface area contributed by atoms with E-state index in [1.807, 2.05) is 6.20 Å². The Hall–Kier alpha value is -2.18. The molecule has 0 radical (unpaired) electrons. The maximum absolute atomic E-state index is 12.9. The molecule has 27 heavy (non-hydrogen) atoms. The standard InChI is InChI=1S/C21H30N4O2/c1-16(2)19-6-4-17(5-7-19)14-25-11-3-9-21(27,20(25)26)15-22-10-8-18-12-23-24-13-18/h4-7,12-13,16,22,27H,3,8-11,14-15H2,1-2H3,(H,23,24). The van der Waals surface area contributed by atoms with Crippen LogP contribution in [-0.4, -0.2) is 51.3 Å². The second-order valence-corrected chi connectivity index (χ2v) is 7.79. The highest BCUT2D eigenvalue weighted by atomic mass is 16.3. The number of H-pyrrole nitrogens is 1. The number of benzene rings is 1. The number of likely N-dealkylation sites (tertiary alicyclic amines) is 1. The summed E-state index contributed by atoms with van der Waals surface area (Å²) in [6, 6.07) is 8.41. The van der Waals surface area contributed by atoms with Gasteiger partial charge in [0, 0.05) is 25.8 Å². The molecule has 2 heterocycles. The van der Waals surface area contributed by atoms with Crippen molar-refractivity contribution in [2.45, 2.75) is 51.2 Å². The Morgan fingerprint density at radius 2 is 2.07 bits per heavy atom. The minimum absolute atomic E-state index is 0.169. The van der Waals surface area contributed by atoms with Crippen LogP contribution < -0.4 is 5.32 Å². The highest BCUT2D eigenvalue weighted by Gasteiger charge is 2.41. The molecule has 3 N–H and O–H groups in total. The molecule has 0 bridgehead atoms. The van der Waals surface area contributed by atoms with Crippen LogP contribution >= 0.6 is 0 Å². The second kappa shape index (κ2) is 8.67. The topological polar surface area (TPSA) is 81.2 Å². The quantitative estimate of drug-likeness (QED) is 0.623. The molecular formula is C21H30N4O2. The molecule has 1 unspecified atom stereocenters. The maximum Gasteiger partial charge on any atom is 0.256 e. The summed E-state index contributed by atoms with van der Waals surface area (Å²) >= 11 is 0. The van der Waals surface area contributed by atoms with Gasteiger partial charge in [-0.1, -0.05) is 38.1 Å². The van der Waals surface area contributed by atoms with E-state index in [1.165, 1.54) is 5.56 Å². The third kappa shape index (κ3) is 4.96. The Balaban J connectivity index is 1.53. The van der Waals surface area contributed by atoms with Crippen LogP contribution in [0.25, 0.3) is 0 Å². The van der Waals surface area contributed by atoms with E-state index in [1.54, 1.807) is 11.1 Å². The van der Waals surface area contributed by atoms with E-state index in [0.717, 1.165) is 24.0 Å². The summed E-state index contributed by atoms with van der Waals surface area (Å²) in [5.41, 5.74) is 2.19. The number of piperidine rings is 1. The number of aromatic nitrogens is 2. The number of carbonyl (C=O) groups is 1. The third-order valence-electron chi connectivity index (χ3n) is 5.29. The summed E-state index contributed by atoms with van der Waals surface area (Å²) in [4.78, 5) is 14.7. The molecule has 2 aromatic rings. The van der Waals surface area contributed by atoms with Gasteiger partial charge in [-0.2, -0.15) is 5.10 Å². The first-order valence-corrected chi connectivity index (χ1v) is 9.77. The fourth-order valence-electron chi connectivity index (χ4n) is 3.55. The highest BCUT2D eigenvalue weighted by molar-refractivity contribution is 5.86. The molecule has 1 aromatic heterocycles. The highest BCUT2D eigenvalue weighted by Crippen LogP contribution is 2.24. The molecular weight excluding hydrogens is 340 g/mol. The summed E-state index contributed by atoms with van der Waals surface area (Å²) in [6.45, 7) is 6.57. The number of carbonyl (C=O) groups excluding carboxylic acids is 1. The van der Waals surface area contributed by atoms with Crippen LogP contribution in [0.3, 0.4) is 0 Å². The van der Waals surface area contributed by atoms with Crippen molar-refractivity contribution in [3.63, 3.8) is 0 Å². The SMILES string of the molecule is CC(C)c1ccc(CN2CCCC(O)(CNCCc3cn[nH]c3)C2=O)cc1. The fourth-order valence-corrected chi connectivity index (χ4v) is 3.55. The van der Waals surface area contributed by atoms with Crippen molar-refractivity contribution in [2.24, 2.45) is 0 Å². The first kappa shape index (κ1) is 19.6. The minimum Gasteiger partial charge on any atom is -0.379 e. The molecule has 1 aliphatic heterocycles. The van der Waals surface area contributed by atoms with Crippen LogP contribution in [0.2, 0.25) is 0 Å². The lowest BCUT2D eigenvalue weighted by Gasteiger charge is -2.38. The van der Waals surface area contributed by atoms with Crippen LogP contribution in [0, 0.1) is 0 Å². The Morgan fingerprint density at radius 1 is 1.30 bits per heavy atom. The van der Waals surface area contributed by atoms with Gasteiger partial charge in [-0.3, -0.25) is 9.89 Å². The van der Waals surface area contributed by atoms with Gasteiger partial charge in [0.15, 0.2) is 5.60 Å². The summed E-state index contributed by atoms with van der Waals surface area (Å²) < 4.78 is 0. The van der Waals surface area contributed by atoms with E-state index < -0.39 is 5.60 Å². The lowest BCUT2D eigenvalue weighted by molar-refractivity contribution is -0.157. The van der Waals surface area contributed by atoms with Crippen LogP contribution in [0.4, 0.5) is 0 Å². The third-order valence-corrected chi connectivity index (χ3v) is 5.29. The van der Waals surface area contributed by atoms with E-state index in [2.05, 4.69) is 53.6 Å². The van der Waals surface area contributed by atoms with Crippen LogP contribution in [0.5, 0.6) is 0 Å². The van der Waals surface area contributed by atoms with Gasteiger partial charge in [0.05, 0.1) is 6.20 Å². The normalized spacial score (nSPS) is 20.4. The average Bonchev–Trinajstić information content (AvgIpc) is 3.17. The van der Waals surface area contributed by atoms with E-state index in [9.17, 15) is 9.90 Å². The number of amides is 1. The van der Waals surface area contributed by atoms with Crippen molar-refractivity contribution in [1.82, 2.24) is 20.4 Å². The average molecular weight is 370 g/mol. The van der Waals surface area contributed by atoms with Gasteiger partial charge in [-0.05, 0) is 48.4 Å². The summed E-state index contributed by atoms with van der Waals surface area (Å²) in [5.74, 6) is 0.325. The largest absolute Gasteiger partial charge is 0.379 e. The van der Waals surface area contributed by atoms with Crippen molar-refractivity contribution in [1.29, 1.82) is 0 Å². The molecule has 0 aliphatic carbocycles. The molecule has 1 saturated heterocycles. The van der Waals surface area contributed by atoms with Gasteiger partial charge >= 0.3 is 0 Å². The van der Waals surface area contributed by atoms with Crippen molar-refractivity contribution in [3.8, 4) is 0 Å². The molecule has 0 saturated carbocycles. The second-order valence-electron chi connectivity index (χ2n) is 7.79. The van der Waals surface area contributed by atoms with Crippen LogP contribution in [0.15, 0.2) is 36.7 Å². The van der Waals surface area contributed by atoms with Gasteiger partial charge in [0.1, 0.15) is 0 Å². The molecule has 1 fully saturated rings. The molecule has 1 aliphatic rings. The van der Waals surface area contributed by atoms with E-state index in [0.29, 0.717) is 32.0 Å². The zero-order valence-corrected chi connectivity index (χ0v) is 16.2. The summed E-state index contributed by atoms with van der Waals surface area (Å²) in [6.07, 6.45) is 5.78. The van der Waals surface area contributed by atoms with Crippen LogP contribution in [-0.2, 0) is 17.8 Å². The Morgan fingerprint density at radius 3 is 2.74 bits per heavy atom. The molecule has 6 nitrogen and oxygen atoms in total. The van der Waals surface area contributed by atoms with Crippen molar-refractivity contribution in [3.05, 3.63) is 53.3 Å². The molecule has 3 rings (SSSR count). The Labute approximate surface area is 161 Å². The zero-order valence-electron chi connectivity index (χ0n) is 16.2. The van der Waals surface area contributed by atoms with Crippen molar-refractivity contribution in [2.75, 3.05) is 19.6 Å². The van der Waals surface area contributed by atoms with Gasteiger partial charge in [0.2, 0.25) is 0 Å². The monoisotopic (exact) mass is 370 g/mol. The number of nitrogens with one attached hydrogen (secondary N) is 2. The summed E-state index contributed by atoms with van der Waals surface area (Å²) in [7, 11) is 0. The molecule has 1 atom stereocenters. The van der Waals surface area contributed by atoms with E-state index in [-0.39, 0.29) is 12.5 Å². The predicted octanol–water partition coefficient (Wildman–Crippen LogP) is 2.22. The smallest absolute Gasteiger partial charge is 0.256 e. The van der Waals surface area contributed by atoms with Gasteiger partial charge in [-0.15, -0.1) is 0 Å². The first-order chi connectivity index (χ1) is 13.0. The molecule has 6 heteroatoms. The lowest BCUT2D eigenvalue weighted by atomic mass is 9.91. The zero-order chi connectivity index (χ0) is 19.3. The molecule has 0 spiro atoms. The van der Waals surface area contributed by atoms with Crippen molar-refractivity contribution >= 4 is 5.91 Å². The number of nitrogens with zero attached hydrogens (tertiary/aromatic N) is 2. The number of aromatic amines is 1. The predicted molar refractivity (Wildman–Crippen MR) is 105 cm³/mol. The van der Waals surface area contributed by atoms with E-state index in [4.69, 9.17) is 0 Å². The summed E-state index contributed by atoms with van der Waals surface area (Å²) in [5, 5.41) is 20.8. The van der Waals surface area contributed by atoms with Gasteiger partial charge in [-0.25, -0.2) is 0 Å². The lowest BCUT2D eigenvalue weighted by Crippen LogP contribution is -2.57. The minimum atomic E-state index is -1.31. The van der Waals surface area contributed by atoms with Gasteiger partial charge < -0.3 is 15.3 Å². The van der Waals surface area contributed by atoms with Crippen LogP contribution in [0.1, 0.15) is 49.3 Å².